The molecule has 0 aromatic carbocycles. The van der Waals surface area contributed by atoms with Crippen molar-refractivity contribution in [2.45, 2.75) is 64.9 Å². The number of aryl methyl sites for hydroxylation is 1. The van der Waals surface area contributed by atoms with Crippen molar-refractivity contribution in [3.8, 4) is 0 Å². The lowest BCUT2D eigenvalue weighted by molar-refractivity contribution is -0.0583. The highest BCUT2D eigenvalue weighted by Crippen LogP contribution is 2.31. The van der Waals surface area contributed by atoms with Crippen molar-refractivity contribution >= 4 is 0 Å². The van der Waals surface area contributed by atoms with Crippen LogP contribution in [-0.2, 0) is 16.8 Å². The molecule has 21 heavy (non-hydrogen) atoms. The van der Waals surface area contributed by atoms with Gasteiger partial charge in [0.25, 0.3) is 0 Å². The minimum absolute atomic E-state index is 0.384. The number of ether oxygens (including phenoxy) is 1. The van der Waals surface area contributed by atoms with Gasteiger partial charge >= 0.3 is 0 Å². The second-order valence-electron chi connectivity index (χ2n) is 5.88. The van der Waals surface area contributed by atoms with Gasteiger partial charge in [-0.25, -0.2) is 0 Å². The standard InChI is InChI=1S/C16H29N3O2/c1-4-16(5-2,20-6-3)15-18-14(21-19-15)8-7-13-9-11-17-12-10-13/h13,17H,4-12H2,1-3H3. The number of hydrogen-bond acceptors (Lipinski definition) is 5. The van der Waals surface area contributed by atoms with Crippen LogP contribution in [0.2, 0.25) is 0 Å². The Labute approximate surface area is 127 Å². The van der Waals surface area contributed by atoms with Gasteiger partial charge in [-0.15, -0.1) is 0 Å². The first-order valence-electron chi connectivity index (χ1n) is 8.41. The zero-order valence-corrected chi connectivity index (χ0v) is 13.7. The molecule has 1 aromatic rings. The molecule has 5 nitrogen and oxygen atoms in total. The van der Waals surface area contributed by atoms with Gasteiger partial charge < -0.3 is 14.6 Å². The summed E-state index contributed by atoms with van der Waals surface area (Å²) in [5, 5.41) is 7.59. The summed E-state index contributed by atoms with van der Waals surface area (Å²) >= 11 is 0. The number of rotatable bonds is 8. The van der Waals surface area contributed by atoms with E-state index in [-0.39, 0.29) is 5.60 Å². The smallest absolute Gasteiger partial charge is 0.226 e. The van der Waals surface area contributed by atoms with Crippen LogP contribution in [-0.4, -0.2) is 29.8 Å². The van der Waals surface area contributed by atoms with Gasteiger partial charge in [-0.2, -0.15) is 4.98 Å². The van der Waals surface area contributed by atoms with E-state index in [1.54, 1.807) is 0 Å². The highest BCUT2D eigenvalue weighted by Gasteiger charge is 2.34. The van der Waals surface area contributed by atoms with Crippen LogP contribution < -0.4 is 5.32 Å². The SMILES string of the molecule is CCOC(CC)(CC)c1noc(CCC2CCNCC2)n1. The van der Waals surface area contributed by atoms with Crippen molar-refractivity contribution in [2.24, 2.45) is 5.92 Å². The molecule has 0 atom stereocenters. The third-order valence-electron chi connectivity index (χ3n) is 4.66. The Bertz CT molecular complexity index is 409. The third kappa shape index (κ3) is 4.04. The van der Waals surface area contributed by atoms with E-state index in [4.69, 9.17) is 9.26 Å². The van der Waals surface area contributed by atoms with Gasteiger partial charge in [0.05, 0.1) is 0 Å². The third-order valence-corrected chi connectivity index (χ3v) is 4.66. The minimum Gasteiger partial charge on any atom is -0.367 e. The molecule has 0 saturated carbocycles. The van der Waals surface area contributed by atoms with Crippen molar-refractivity contribution in [1.82, 2.24) is 15.5 Å². The Morgan fingerprint density at radius 1 is 1.24 bits per heavy atom. The van der Waals surface area contributed by atoms with E-state index >= 15 is 0 Å². The number of nitrogens with zero attached hydrogens (tertiary/aromatic N) is 2. The fourth-order valence-corrected chi connectivity index (χ4v) is 3.15. The second kappa shape index (κ2) is 7.90. The highest BCUT2D eigenvalue weighted by molar-refractivity contribution is 5.01. The molecule has 0 unspecified atom stereocenters. The van der Waals surface area contributed by atoms with Crippen molar-refractivity contribution in [2.75, 3.05) is 19.7 Å². The maximum atomic E-state index is 5.93. The number of aromatic nitrogens is 2. The first kappa shape index (κ1) is 16.4. The van der Waals surface area contributed by atoms with Crippen molar-refractivity contribution in [3.63, 3.8) is 0 Å². The van der Waals surface area contributed by atoms with Gasteiger partial charge in [0.2, 0.25) is 11.7 Å². The van der Waals surface area contributed by atoms with E-state index in [9.17, 15) is 0 Å². The average Bonchev–Trinajstić information content (AvgIpc) is 3.01. The Balaban J connectivity index is 1.95. The van der Waals surface area contributed by atoms with E-state index in [0.717, 1.165) is 56.4 Å². The Kier molecular flexibility index (Phi) is 6.18. The molecule has 1 aliphatic heterocycles. The summed E-state index contributed by atoms with van der Waals surface area (Å²) in [7, 11) is 0. The highest BCUT2D eigenvalue weighted by atomic mass is 16.5. The summed E-state index contributed by atoms with van der Waals surface area (Å²) in [5.41, 5.74) is -0.384. The quantitative estimate of drug-likeness (QED) is 0.798. The Hall–Kier alpha value is -0.940. The van der Waals surface area contributed by atoms with Crippen LogP contribution >= 0.6 is 0 Å². The molecular weight excluding hydrogens is 266 g/mol. The van der Waals surface area contributed by atoms with Crippen LogP contribution in [0.4, 0.5) is 0 Å². The molecule has 120 valence electrons. The van der Waals surface area contributed by atoms with E-state index < -0.39 is 0 Å². The Morgan fingerprint density at radius 3 is 2.57 bits per heavy atom. The van der Waals surface area contributed by atoms with Gasteiger partial charge in [-0.1, -0.05) is 19.0 Å². The van der Waals surface area contributed by atoms with Gasteiger partial charge in [0.1, 0.15) is 5.60 Å². The molecule has 0 amide bonds. The number of hydrogen-bond donors (Lipinski definition) is 1. The lowest BCUT2D eigenvalue weighted by Gasteiger charge is -2.27. The fourth-order valence-electron chi connectivity index (χ4n) is 3.15. The van der Waals surface area contributed by atoms with Crippen molar-refractivity contribution < 1.29 is 9.26 Å². The molecule has 1 N–H and O–H groups in total. The maximum Gasteiger partial charge on any atom is 0.226 e. The first-order valence-corrected chi connectivity index (χ1v) is 8.41. The first-order chi connectivity index (χ1) is 10.2. The molecule has 2 rings (SSSR count). The normalized spacial score (nSPS) is 17.3. The van der Waals surface area contributed by atoms with Crippen molar-refractivity contribution in [3.05, 3.63) is 11.7 Å². The monoisotopic (exact) mass is 295 g/mol. The summed E-state index contributed by atoms with van der Waals surface area (Å²) < 4.78 is 11.4. The van der Waals surface area contributed by atoms with Crippen LogP contribution in [0.1, 0.15) is 64.6 Å². The molecular formula is C16H29N3O2. The topological polar surface area (TPSA) is 60.2 Å². The second-order valence-corrected chi connectivity index (χ2v) is 5.88. The maximum absolute atomic E-state index is 5.93. The van der Waals surface area contributed by atoms with Crippen LogP contribution in [0.3, 0.4) is 0 Å². The predicted octanol–water partition coefficient (Wildman–Crippen LogP) is 3.05. The lowest BCUT2D eigenvalue weighted by atomic mass is 9.93. The van der Waals surface area contributed by atoms with E-state index in [2.05, 4.69) is 29.3 Å². The van der Waals surface area contributed by atoms with Crippen LogP contribution in [0.5, 0.6) is 0 Å². The van der Waals surface area contributed by atoms with Gasteiger partial charge in [0.15, 0.2) is 0 Å². The summed E-state index contributed by atoms with van der Waals surface area (Å²) in [5.74, 6) is 2.26. The summed E-state index contributed by atoms with van der Waals surface area (Å²) in [6.45, 7) is 9.19. The zero-order chi connectivity index (χ0) is 15.1. The summed E-state index contributed by atoms with van der Waals surface area (Å²) in [4.78, 5) is 4.61. The van der Waals surface area contributed by atoms with Crippen LogP contribution in [0, 0.1) is 5.92 Å². The van der Waals surface area contributed by atoms with E-state index in [1.807, 2.05) is 6.92 Å². The molecule has 1 fully saturated rings. The molecule has 0 spiro atoms. The van der Waals surface area contributed by atoms with Gasteiger partial charge in [0, 0.05) is 13.0 Å². The predicted molar refractivity (Wildman–Crippen MR) is 82.1 cm³/mol. The molecule has 0 aliphatic carbocycles. The molecule has 0 radical (unpaired) electrons. The Morgan fingerprint density at radius 2 is 1.95 bits per heavy atom. The summed E-state index contributed by atoms with van der Waals surface area (Å²) in [6, 6.07) is 0. The van der Waals surface area contributed by atoms with Gasteiger partial charge in [-0.3, -0.25) is 0 Å². The lowest BCUT2D eigenvalue weighted by Crippen LogP contribution is -2.30. The molecule has 5 heteroatoms. The summed E-state index contributed by atoms with van der Waals surface area (Å²) in [6.07, 6.45) is 6.27. The zero-order valence-electron chi connectivity index (χ0n) is 13.7. The minimum atomic E-state index is -0.384. The largest absolute Gasteiger partial charge is 0.367 e. The molecule has 2 heterocycles. The van der Waals surface area contributed by atoms with E-state index in [0.29, 0.717) is 6.61 Å². The fraction of sp³-hybridized carbons (Fsp3) is 0.875. The van der Waals surface area contributed by atoms with Gasteiger partial charge in [-0.05, 0) is 58.0 Å². The molecule has 1 saturated heterocycles. The average molecular weight is 295 g/mol. The number of piperidine rings is 1. The van der Waals surface area contributed by atoms with Crippen LogP contribution in [0.25, 0.3) is 0 Å². The van der Waals surface area contributed by atoms with Crippen molar-refractivity contribution in [1.29, 1.82) is 0 Å². The number of nitrogens with one attached hydrogen (secondary N) is 1. The van der Waals surface area contributed by atoms with Crippen LogP contribution in [0.15, 0.2) is 4.52 Å². The van der Waals surface area contributed by atoms with E-state index in [1.165, 1.54) is 12.8 Å². The molecule has 0 bridgehead atoms. The molecule has 1 aromatic heterocycles. The molecule has 1 aliphatic rings.